The highest BCUT2D eigenvalue weighted by Crippen LogP contribution is 2.20. The Labute approximate surface area is 98.2 Å². The molecule has 1 amide bonds. The van der Waals surface area contributed by atoms with Gasteiger partial charge < -0.3 is 10.6 Å². The van der Waals surface area contributed by atoms with Gasteiger partial charge in [-0.1, -0.05) is 12.1 Å². The predicted molar refractivity (Wildman–Crippen MR) is 61.4 cm³/mol. The number of nitro benzene ring substituents is 1. The van der Waals surface area contributed by atoms with Gasteiger partial charge in [-0.2, -0.15) is 0 Å². The first-order valence-corrected chi connectivity index (χ1v) is 5.36. The average Bonchev–Trinajstić information content (AvgIpc) is 2.29. The number of nitrogens with one attached hydrogen (secondary N) is 2. The summed E-state index contributed by atoms with van der Waals surface area (Å²) < 4.78 is 0. The number of hydrogen-bond donors (Lipinski definition) is 2. The van der Waals surface area contributed by atoms with Gasteiger partial charge in [0, 0.05) is 24.7 Å². The number of carbonyl (C=O) groups is 1. The molecule has 0 spiro atoms. The Morgan fingerprint density at radius 2 is 2.24 bits per heavy atom. The zero-order valence-electron chi connectivity index (χ0n) is 9.34. The Balaban J connectivity index is 2.25. The van der Waals surface area contributed by atoms with Gasteiger partial charge >= 0.3 is 0 Å². The molecule has 1 aliphatic rings. The van der Waals surface area contributed by atoms with E-state index < -0.39 is 11.0 Å². The molecule has 90 valence electrons. The number of hydrogen-bond acceptors (Lipinski definition) is 4. The molecule has 1 aromatic carbocycles. The van der Waals surface area contributed by atoms with E-state index in [9.17, 15) is 14.9 Å². The summed E-state index contributed by atoms with van der Waals surface area (Å²) in [4.78, 5) is 21.9. The second kappa shape index (κ2) is 4.50. The lowest BCUT2D eigenvalue weighted by Crippen LogP contribution is -2.52. The van der Waals surface area contributed by atoms with Gasteiger partial charge in [0.05, 0.1) is 4.92 Å². The van der Waals surface area contributed by atoms with Gasteiger partial charge in [0.2, 0.25) is 5.91 Å². The zero-order chi connectivity index (χ0) is 12.4. The summed E-state index contributed by atoms with van der Waals surface area (Å²) in [5, 5.41) is 16.5. The molecular formula is C11H13N3O3. The molecule has 0 bridgehead atoms. The van der Waals surface area contributed by atoms with E-state index in [-0.39, 0.29) is 17.6 Å². The summed E-state index contributed by atoms with van der Waals surface area (Å²) in [6, 6.07) is 5.70. The Kier molecular flexibility index (Phi) is 3.06. The van der Waals surface area contributed by atoms with Crippen LogP contribution in [-0.2, 0) is 4.79 Å². The van der Waals surface area contributed by atoms with Gasteiger partial charge in [0.15, 0.2) is 0 Å². The molecule has 6 heteroatoms. The quantitative estimate of drug-likeness (QED) is 0.585. The molecule has 1 aliphatic heterocycles. The zero-order valence-corrected chi connectivity index (χ0v) is 9.34. The van der Waals surface area contributed by atoms with Crippen LogP contribution in [0, 0.1) is 10.1 Å². The van der Waals surface area contributed by atoms with Gasteiger partial charge in [-0.05, 0) is 12.5 Å². The minimum atomic E-state index is -0.508. The van der Waals surface area contributed by atoms with Crippen molar-refractivity contribution in [1.29, 1.82) is 0 Å². The van der Waals surface area contributed by atoms with Gasteiger partial charge in [-0.15, -0.1) is 0 Å². The van der Waals surface area contributed by atoms with E-state index in [1.54, 1.807) is 12.1 Å². The van der Waals surface area contributed by atoms with Crippen molar-refractivity contribution in [3.63, 3.8) is 0 Å². The molecule has 2 rings (SSSR count). The lowest BCUT2D eigenvalue weighted by Gasteiger charge is -2.28. The molecule has 2 atom stereocenters. The fourth-order valence-corrected chi connectivity index (χ4v) is 1.85. The van der Waals surface area contributed by atoms with Crippen LogP contribution in [0.25, 0.3) is 0 Å². The highest BCUT2D eigenvalue weighted by atomic mass is 16.6. The van der Waals surface area contributed by atoms with Crippen LogP contribution in [0.15, 0.2) is 24.3 Å². The van der Waals surface area contributed by atoms with E-state index >= 15 is 0 Å². The van der Waals surface area contributed by atoms with Crippen molar-refractivity contribution in [3.05, 3.63) is 39.9 Å². The Morgan fingerprint density at radius 3 is 2.88 bits per heavy atom. The van der Waals surface area contributed by atoms with Crippen molar-refractivity contribution in [2.24, 2.45) is 0 Å². The number of piperazine rings is 1. The third-order valence-corrected chi connectivity index (χ3v) is 2.69. The maximum Gasteiger partial charge on any atom is 0.269 e. The minimum Gasteiger partial charge on any atom is -0.351 e. The largest absolute Gasteiger partial charge is 0.351 e. The SMILES string of the molecule is C[C@@H]1CN[C@@H](c2cccc([N+](=O)[O-])c2)C(=O)N1. The number of amides is 1. The van der Waals surface area contributed by atoms with Crippen molar-refractivity contribution in [2.45, 2.75) is 19.0 Å². The molecule has 0 unspecified atom stereocenters. The number of carbonyl (C=O) groups excluding carboxylic acids is 1. The summed E-state index contributed by atoms with van der Waals surface area (Å²) in [6.45, 7) is 2.55. The normalized spacial score (nSPS) is 24.2. The Hall–Kier alpha value is -1.95. The number of rotatable bonds is 2. The summed E-state index contributed by atoms with van der Waals surface area (Å²) in [7, 11) is 0. The van der Waals surface area contributed by atoms with Gasteiger partial charge in [-0.25, -0.2) is 0 Å². The number of benzene rings is 1. The van der Waals surface area contributed by atoms with Crippen molar-refractivity contribution in [3.8, 4) is 0 Å². The van der Waals surface area contributed by atoms with E-state index in [0.29, 0.717) is 12.1 Å². The summed E-state index contributed by atoms with van der Waals surface area (Å²) >= 11 is 0. The average molecular weight is 235 g/mol. The first-order valence-electron chi connectivity index (χ1n) is 5.36. The first-order chi connectivity index (χ1) is 8.08. The fourth-order valence-electron chi connectivity index (χ4n) is 1.85. The molecule has 1 fully saturated rings. The third-order valence-electron chi connectivity index (χ3n) is 2.69. The van der Waals surface area contributed by atoms with Crippen molar-refractivity contribution in [1.82, 2.24) is 10.6 Å². The van der Waals surface area contributed by atoms with Gasteiger partial charge in [0.1, 0.15) is 6.04 Å². The molecule has 0 saturated carbocycles. The molecule has 0 aliphatic carbocycles. The maximum atomic E-state index is 11.7. The third kappa shape index (κ3) is 2.42. The molecule has 1 heterocycles. The highest BCUT2D eigenvalue weighted by molar-refractivity contribution is 5.84. The Bertz CT molecular complexity index is 461. The summed E-state index contributed by atoms with van der Waals surface area (Å²) in [5.41, 5.74) is 0.610. The van der Waals surface area contributed by atoms with Crippen molar-refractivity contribution < 1.29 is 9.72 Å². The lowest BCUT2D eigenvalue weighted by atomic mass is 10.0. The number of non-ortho nitro benzene ring substituents is 1. The van der Waals surface area contributed by atoms with E-state index in [4.69, 9.17) is 0 Å². The second-order valence-corrected chi connectivity index (χ2v) is 4.10. The predicted octanol–water partition coefficient (Wildman–Crippen LogP) is 0.744. The van der Waals surface area contributed by atoms with Gasteiger partial charge in [0.25, 0.3) is 5.69 Å². The standard InChI is InChI=1S/C11H13N3O3/c1-7-6-12-10(11(15)13-7)8-3-2-4-9(5-8)14(16)17/h2-5,7,10,12H,6H2,1H3,(H,13,15)/t7-,10+/m1/s1. The fraction of sp³-hybridized carbons (Fsp3) is 0.364. The topological polar surface area (TPSA) is 84.3 Å². The molecule has 1 saturated heterocycles. The molecule has 6 nitrogen and oxygen atoms in total. The van der Waals surface area contributed by atoms with Crippen LogP contribution < -0.4 is 10.6 Å². The molecule has 1 aromatic rings. The monoisotopic (exact) mass is 235 g/mol. The Morgan fingerprint density at radius 1 is 1.47 bits per heavy atom. The van der Waals surface area contributed by atoms with Gasteiger partial charge in [-0.3, -0.25) is 14.9 Å². The molecular weight excluding hydrogens is 222 g/mol. The molecule has 2 N–H and O–H groups in total. The van der Waals surface area contributed by atoms with Crippen LogP contribution in [0.1, 0.15) is 18.5 Å². The second-order valence-electron chi connectivity index (χ2n) is 4.10. The van der Waals surface area contributed by atoms with E-state index in [1.807, 2.05) is 6.92 Å². The molecule has 0 radical (unpaired) electrons. The van der Waals surface area contributed by atoms with E-state index in [0.717, 1.165) is 0 Å². The van der Waals surface area contributed by atoms with E-state index in [2.05, 4.69) is 10.6 Å². The number of nitro groups is 1. The van der Waals surface area contributed by atoms with Crippen molar-refractivity contribution >= 4 is 11.6 Å². The van der Waals surface area contributed by atoms with Crippen LogP contribution in [0.5, 0.6) is 0 Å². The summed E-state index contributed by atoms with van der Waals surface area (Å²) in [5.74, 6) is -0.149. The number of nitrogens with zero attached hydrogens (tertiary/aromatic N) is 1. The van der Waals surface area contributed by atoms with Crippen LogP contribution >= 0.6 is 0 Å². The lowest BCUT2D eigenvalue weighted by molar-refractivity contribution is -0.384. The smallest absolute Gasteiger partial charge is 0.269 e. The minimum absolute atomic E-state index is 0.00396. The summed E-state index contributed by atoms with van der Waals surface area (Å²) in [6.07, 6.45) is 0. The van der Waals surface area contributed by atoms with E-state index in [1.165, 1.54) is 12.1 Å². The van der Waals surface area contributed by atoms with Crippen LogP contribution in [0.2, 0.25) is 0 Å². The first kappa shape index (κ1) is 11.5. The molecule has 17 heavy (non-hydrogen) atoms. The van der Waals surface area contributed by atoms with Crippen LogP contribution in [0.3, 0.4) is 0 Å². The highest BCUT2D eigenvalue weighted by Gasteiger charge is 2.27. The van der Waals surface area contributed by atoms with Crippen molar-refractivity contribution in [2.75, 3.05) is 6.54 Å². The maximum absolute atomic E-state index is 11.7. The van der Waals surface area contributed by atoms with Crippen LogP contribution in [-0.4, -0.2) is 23.4 Å². The van der Waals surface area contributed by atoms with Crippen LogP contribution in [0.4, 0.5) is 5.69 Å². The molecule has 0 aromatic heterocycles.